The molecular weight excluding hydrogens is 284 g/mol. The fraction of sp³-hybridized carbons (Fsp3) is 0.238. The average molecular weight is 304 g/mol. The number of benzene rings is 4. The zero-order chi connectivity index (χ0) is 14.9. The Bertz CT molecular complexity index is 907. The quantitative estimate of drug-likeness (QED) is 0.309. The zero-order valence-electron chi connectivity index (χ0n) is 12.9. The third kappa shape index (κ3) is 2.24. The molecule has 4 rings (SSSR count). The third-order valence-corrected chi connectivity index (χ3v) is 5.67. The first-order chi connectivity index (χ1) is 10.9. The lowest BCUT2D eigenvalue weighted by atomic mass is 9.91. The summed E-state index contributed by atoms with van der Waals surface area (Å²) >= 11 is 2.07. The van der Waals surface area contributed by atoms with Gasteiger partial charge in [0.15, 0.2) is 0 Å². The first-order valence-corrected chi connectivity index (χ1v) is 9.27. The second kappa shape index (κ2) is 5.81. The van der Waals surface area contributed by atoms with Crippen LogP contribution in [0.25, 0.3) is 32.3 Å². The predicted octanol–water partition coefficient (Wildman–Crippen LogP) is 6.27. The molecule has 0 saturated heterocycles. The molecule has 0 aliphatic carbocycles. The summed E-state index contributed by atoms with van der Waals surface area (Å²) in [5.74, 6) is 2.49. The molecule has 110 valence electrons. The molecule has 0 aromatic heterocycles. The van der Waals surface area contributed by atoms with E-state index in [1.54, 1.807) is 0 Å². The van der Waals surface area contributed by atoms with Gasteiger partial charge in [-0.1, -0.05) is 61.5 Å². The maximum atomic E-state index is 2.33. The van der Waals surface area contributed by atoms with Gasteiger partial charge in [-0.15, -0.1) is 0 Å². The third-order valence-electron chi connectivity index (χ3n) is 4.48. The Kier molecular flexibility index (Phi) is 3.67. The molecule has 22 heavy (non-hydrogen) atoms. The van der Waals surface area contributed by atoms with Crippen LogP contribution in [0.15, 0.2) is 54.6 Å². The number of thioether (sulfide) groups is 1. The molecule has 0 heterocycles. The molecule has 0 radical (unpaired) electrons. The van der Waals surface area contributed by atoms with Crippen LogP contribution in [0.4, 0.5) is 0 Å². The van der Waals surface area contributed by atoms with Gasteiger partial charge in [0, 0.05) is 0 Å². The van der Waals surface area contributed by atoms with E-state index in [4.69, 9.17) is 0 Å². The maximum absolute atomic E-state index is 2.33. The lowest BCUT2D eigenvalue weighted by molar-refractivity contribution is 1.09. The minimum Gasteiger partial charge on any atom is -0.162 e. The number of hydrogen-bond acceptors (Lipinski definition) is 1. The lowest BCUT2D eigenvalue weighted by Crippen LogP contribution is -1.93. The molecule has 0 unspecified atom stereocenters. The molecule has 0 aliphatic rings. The molecule has 4 aromatic carbocycles. The Hall–Kier alpha value is -1.73. The number of aryl methyl sites for hydroxylation is 1. The van der Waals surface area contributed by atoms with Crippen LogP contribution in [0.5, 0.6) is 0 Å². The first-order valence-electron chi connectivity index (χ1n) is 8.11. The lowest BCUT2D eigenvalue weighted by Gasteiger charge is -2.13. The SMILES string of the molecule is CCCSCCc1ccc2ccc3cccc4ccc1c2c34. The van der Waals surface area contributed by atoms with Crippen molar-refractivity contribution < 1.29 is 0 Å². The van der Waals surface area contributed by atoms with Crippen LogP contribution in [-0.4, -0.2) is 11.5 Å². The standard InChI is InChI=1S/C21H20S/c1-2-13-22-14-12-15-6-7-18-9-8-16-4-3-5-17-10-11-19(15)21(18)20(16)17/h3-11H,2,12-14H2,1H3. The molecule has 0 atom stereocenters. The van der Waals surface area contributed by atoms with Crippen LogP contribution >= 0.6 is 11.8 Å². The van der Waals surface area contributed by atoms with Crippen molar-refractivity contribution in [3.05, 3.63) is 60.2 Å². The van der Waals surface area contributed by atoms with Gasteiger partial charge in [0.25, 0.3) is 0 Å². The van der Waals surface area contributed by atoms with Gasteiger partial charge in [0.05, 0.1) is 0 Å². The van der Waals surface area contributed by atoms with E-state index in [2.05, 4.69) is 73.3 Å². The largest absolute Gasteiger partial charge is 0.162 e. The summed E-state index contributed by atoms with van der Waals surface area (Å²) in [4.78, 5) is 0. The van der Waals surface area contributed by atoms with Crippen LogP contribution < -0.4 is 0 Å². The van der Waals surface area contributed by atoms with Crippen molar-refractivity contribution in [2.75, 3.05) is 11.5 Å². The highest BCUT2D eigenvalue weighted by molar-refractivity contribution is 7.99. The summed E-state index contributed by atoms with van der Waals surface area (Å²) in [6, 6.07) is 20.4. The Morgan fingerprint density at radius 1 is 0.727 bits per heavy atom. The Labute approximate surface area is 135 Å². The van der Waals surface area contributed by atoms with Gasteiger partial charge in [0.2, 0.25) is 0 Å². The van der Waals surface area contributed by atoms with E-state index >= 15 is 0 Å². The average Bonchev–Trinajstić information content (AvgIpc) is 2.57. The van der Waals surface area contributed by atoms with Gasteiger partial charge in [-0.25, -0.2) is 0 Å². The van der Waals surface area contributed by atoms with Crippen molar-refractivity contribution in [1.82, 2.24) is 0 Å². The molecule has 0 amide bonds. The molecule has 0 N–H and O–H groups in total. The van der Waals surface area contributed by atoms with Crippen molar-refractivity contribution in [2.24, 2.45) is 0 Å². The zero-order valence-corrected chi connectivity index (χ0v) is 13.7. The van der Waals surface area contributed by atoms with Crippen molar-refractivity contribution in [3.8, 4) is 0 Å². The predicted molar refractivity (Wildman–Crippen MR) is 101 cm³/mol. The number of hydrogen-bond donors (Lipinski definition) is 0. The van der Waals surface area contributed by atoms with E-state index in [0.717, 1.165) is 0 Å². The van der Waals surface area contributed by atoms with Gasteiger partial charge in [0.1, 0.15) is 0 Å². The second-order valence-corrected chi connectivity index (χ2v) is 7.17. The number of rotatable bonds is 5. The highest BCUT2D eigenvalue weighted by Gasteiger charge is 2.10. The molecule has 0 bridgehead atoms. The van der Waals surface area contributed by atoms with Gasteiger partial charge in [-0.05, 0) is 62.2 Å². The molecule has 0 spiro atoms. The van der Waals surface area contributed by atoms with E-state index in [1.165, 1.54) is 62.2 Å². The minimum atomic E-state index is 1.17. The van der Waals surface area contributed by atoms with Gasteiger partial charge in [-0.2, -0.15) is 11.8 Å². The second-order valence-electron chi connectivity index (χ2n) is 5.94. The molecule has 0 aliphatic heterocycles. The van der Waals surface area contributed by atoms with Crippen LogP contribution in [0.1, 0.15) is 18.9 Å². The topological polar surface area (TPSA) is 0 Å². The van der Waals surface area contributed by atoms with Crippen LogP contribution in [-0.2, 0) is 6.42 Å². The summed E-state index contributed by atoms with van der Waals surface area (Å²) in [6.07, 6.45) is 2.43. The Balaban J connectivity index is 1.89. The molecule has 0 saturated carbocycles. The van der Waals surface area contributed by atoms with Gasteiger partial charge in [-0.3, -0.25) is 0 Å². The van der Waals surface area contributed by atoms with E-state index in [0.29, 0.717) is 0 Å². The van der Waals surface area contributed by atoms with Crippen molar-refractivity contribution in [2.45, 2.75) is 19.8 Å². The molecule has 0 fully saturated rings. The first kappa shape index (κ1) is 13.9. The van der Waals surface area contributed by atoms with Crippen molar-refractivity contribution >= 4 is 44.1 Å². The maximum Gasteiger partial charge on any atom is -0.00240 e. The molecule has 1 heteroatoms. The summed E-state index contributed by atoms with van der Waals surface area (Å²) in [7, 11) is 0. The summed E-state index contributed by atoms with van der Waals surface area (Å²) < 4.78 is 0. The smallest absolute Gasteiger partial charge is 0.00240 e. The fourth-order valence-corrected chi connectivity index (χ4v) is 4.30. The Morgan fingerprint density at radius 3 is 2.18 bits per heavy atom. The molecular formula is C21H20S. The molecule has 4 aromatic rings. The summed E-state index contributed by atoms with van der Waals surface area (Å²) in [5.41, 5.74) is 1.49. The van der Waals surface area contributed by atoms with Crippen molar-refractivity contribution in [1.29, 1.82) is 0 Å². The monoisotopic (exact) mass is 304 g/mol. The van der Waals surface area contributed by atoms with Crippen LogP contribution in [0.3, 0.4) is 0 Å². The molecule has 0 nitrogen and oxygen atoms in total. The highest BCUT2D eigenvalue weighted by Crippen LogP contribution is 2.36. The van der Waals surface area contributed by atoms with E-state index in [9.17, 15) is 0 Å². The summed E-state index contributed by atoms with van der Waals surface area (Å²) in [5, 5.41) is 8.40. The van der Waals surface area contributed by atoms with E-state index < -0.39 is 0 Å². The van der Waals surface area contributed by atoms with Gasteiger partial charge >= 0.3 is 0 Å². The highest BCUT2D eigenvalue weighted by atomic mass is 32.2. The normalized spacial score (nSPS) is 11.9. The van der Waals surface area contributed by atoms with Crippen LogP contribution in [0, 0.1) is 0 Å². The van der Waals surface area contributed by atoms with E-state index in [-0.39, 0.29) is 0 Å². The minimum absolute atomic E-state index is 1.17. The van der Waals surface area contributed by atoms with Gasteiger partial charge < -0.3 is 0 Å². The van der Waals surface area contributed by atoms with E-state index in [1.807, 2.05) is 0 Å². The summed E-state index contributed by atoms with van der Waals surface area (Å²) in [6.45, 7) is 2.25. The Morgan fingerprint density at radius 2 is 1.41 bits per heavy atom. The van der Waals surface area contributed by atoms with Crippen molar-refractivity contribution in [3.63, 3.8) is 0 Å². The van der Waals surface area contributed by atoms with Crippen LogP contribution in [0.2, 0.25) is 0 Å². The fourth-order valence-electron chi connectivity index (χ4n) is 3.44.